The number of hydrogen-bond acceptors (Lipinski definition) is 3. The number of nitrogens with zero attached hydrogens (tertiary/aromatic N) is 2. The zero-order valence-corrected chi connectivity index (χ0v) is 15.5. The van der Waals surface area contributed by atoms with E-state index in [0.29, 0.717) is 17.2 Å². The zero-order chi connectivity index (χ0) is 18.7. The molecule has 0 spiro atoms. The molecule has 2 aliphatic heterocycles. The fraction of sp³-hybridized carbons (Fsp3) is 0.500. The molecule has 0 radical (unpaired) electrons. The number of piperidine rings is 1. The maximum atomic E-state index is 12.9. The number of carbonyl (C=O) groups excluding carboxylic acids is 3. The van der Waals surface area contributed by atoms with Crippen molar-refractivity contribution in [1.82, 2.24) is 4.90 Å². The van der Waals surface area contributed by atoms with Gasteiger partial charge in [-0.15, -0.1) is 0 Å². The third-order valence-corrected chi connectivity index (χ3v) is 6.91. The molecular weight excluding hydrogens is 340 g/mol. The number of rotatable bonds is 2. The van der Waals surface area contributed by atoms with Crippen molar-refractivity contribution in [1.29, 1.82) is 0 Å². The van der Waals surface area contributed by atoms with Crippen molar-refractivity contribution in [3.63, 3.8) is 0 Å². The summed E-state index contributed by atoms with van der Waals surface area (Å²) in [5, 5.41) is 0. The maximum absolute atomic E-state index is 12.9. The molecule has 5 heteroatoms. The summed E-state index contributed by atoms with van der Waals surface area (Å²) in [5.41, 5.74) is 1.21. The van der Waals surface area contributed by atoms with Crippen LogP contribution in [0.15, 0.2) is 36.4 Å². The first-order valence-corrected chi connectivity index (χ1v) is 10.00. The summed E-state index contributed by atoms with van der Waals surface area (Å²) < 4.78 is 0. The Morgan fingerprint density at radius 3 is 2.04 bits per heavy atom. The molecule has 5 rings (SSSR count). The topological polar surface area (TPSA) is 57.7 Å². The monoisotopic (exact) mass is 364 g/mol. The van der Waals surface area contributed by atoms with Gasteiger partial charge in [-0.25, -0.2) is 0 Å². The van der Waals surface area contributed by atoms with E-state index in [2.05, 4.69) is 19.1 Å². The van der Waals surface area contributed by atoms with Crippen LogP contribution in [-0.4, -0.2) is 35.7 Å². The van der Waals surface area contributed by atoms with Gasteiger partial charge in [0.1, 0.15) is 0 Å². The average Bonchev–Trinajstić information content (AvgIpc) is 3.36. The lowest BCUT2D eigenvalue weighted by molar-refractivity contribution is -0.123. The Hall–Kier alpha value is -2.43. The Morgan fingerprint density at radius 1 is 0.926 bits per heavy atom. The van der Waals surface area contributed by atoms with E-state index < -0.39 is 0 Å². The van der Waals surface area contributed by atoms with Gasteiger partial charge in [0.05, 0.1) is 17.5 Å². The van der Waals surface area contributed by atoms with E-state index in [0.717, 1.165) is 32.4 Å². The quantitative estimate of drug-likeness (QED) is 0.599. The van der Waals surface area contributed by atoms with Gasteiger partial charge in [0, 0.05) is 18.7 Å². The largest absolute Gasteiger partial charge is 0.339 e. The van der Waals surface area contributed by atoms with Gasteiger partial charge in [-0.05, 0) is 61.3 Å². The van der Waals surface area contributed by atoms with Gasteiger partial charge in [-0.3, -0.25) is 19.3 Å². The van der Waals surface area contributed by atoms with Crippen LogP contribution < -0.4 is 4.90 Å². The number of anilines is 1. The van der Waals surface area contributed by atoms with E-state index in [9.17, 15) is 14.4 Å². The molecule has 3 amide bonds. The maximum Gasteiger partial charge on any atom is 0.253 e. The normalized spacial score (nSPS) is 32.5. The van der Waals surface area contributed by atoms with Crippen molar-refractivity contribution < 1.29 is 14.4 Å². The minimum absolute atomic E-state index is 0.0339. The molecule has 4 atom stereocenters. The first-order valence-electron chi connectivity index (χ1n) is 10.00. The van der Waals surface area contributed by atoms with Gasteiger partial charge in [0.15, 0.2) is 0 Å². The molecular formula is C22H24N2O3. The van der Waals surface area contributed by atoms with Crippen LogP contribution in [0.2, 0.25) is 0 Å². The number of allylic oxidation sites excluding steroid dienone is 2. The number of likely N-dealkylation sites (tertiary alicyclic amines) is 1. The third kappa shape index (κ3) is 2.47. The molecule has 4 aliphatic rings. The molecule has 27 heavy (non-hydrogen) atoms. The highest BCUT2D eigenvalue weighted by atomic mass is 16.2. The molecule has 1 aromatic carbocycles. The number of benzene rings is 1. The van der Waals surface area contributed by atoms with Gasteiger partial charge in [0.2, 0.25) is 11.8 Å². The Morgan fingerprint density at radius 2 is 1.48 bits per heavy atom. The predicted octanol–water partition coefficient (Wildman–Crippen LogP) is 2.87. The Bertz CT molecular complexity index is 806. The van der Waals surface area contributed by atoms with Gasteiger partial charge in [-0.1, -0.05) is 19.1 Å². The second kappa shape index (κ2) is 6.04. The van der Waals surface area contributed by atoms with Crippen LogP contribution in [0.5, 0.6) is 0 Å². The van der Waals surface area contributed by atoms with E-state index in [-0.39, 0.29) is 41.4 Å². The van der Waals surface area contributed by atoms with Gasteiger partial charge in [-0.2, -0.15) is 0 Å². The van der Waals surface area contributed by atoms with Crippen LogP contribution in [0.25, 0.3) is 0 Å². The lowest BCUT2D eigenvalue weighted by atomic mass is 9.85. The van der Waals surface area contributed by atoms with Crippen LogP contribution in [0.4, 0.5) is 5.69 Å². The first kappa shape index (κ1) is 16.7. The summed E-state index contributed by atoms with van der Waals surface area (Å²) in [6.45, 7) is 3.81. The summed E-state index contributed by atoms with van der Waals surface area (Å²) in [5.74, 6) is 0.595. The van der Waals surface area contributed by atoms with E-state index in [1.807, 2.05) is 4.90 Å². The molecule has 140 valence electrons. The Kier molecular flexibility index (Phi) is 3.74. The van der Waals surface area contributed by atoms with E-state index in [1.165, 1.54) is 4.90 Å². The highest BCUT2D eigenvalue weighted by Crippen LogP contribution is 2.53. The molecule has 5 nitrogen and oxygen atoms in total. The molecule has 1 aromatic rings. The first-order chi connectivity index (χ1) is 13.0. The molecule has 0 unspecified atom stereocenters. The lowest BCUT2D eigenvalue weighted by Crippen LogP contribution is -2.38. The summed E-state index contributed by atoms with van der Waals surface area (Å²) in [6, 6.07) is 6.98. The van der Waals surface area contributed by atoms with E-state index in [1.54, 1.807) is 24.3 Å². The molecule has 2 heterocycles. The standard InChI is InChI=1S/C22H24N2O3/c1-13-8-10-23(11-9-13)20(25)14-4-6-17(7-5-14)24-21(26)18-15-2-3-16(12-15)19(18)22(24)27/h2-7,13,15-16,18-19H,8-12H2,1H3/t15-,16-,18-,19+/m1/s1. The van der Waals surface area contributed by atoms with Crippen molar-refractivity contribution in [3.8, 4) is 0 Å². The third-order valence-electron chi connectivity index (χ3n) is 6.91. The smallest absolute Gasteiger partial charge is 0.253 e. The van der Waals surface area contributed by atoms with Crippen molar-refractivity contribution in [3.05, 3.63) is 42.0 Å². The minimum atomic E-state index is -0.191. The summed E-state index contributed by atoms with van der Waals surface area (Å²) in [7, 11) is 0. The van der Waals surface area contributed by atoms with Crippen molar-refractivity contribution >= 4 is 23.4 Å². The molecule has 0 N–H and O–H groups in total. The Labute approximate surface area is 159 Å². The minimum Gasteiger partial charge on any atom is -0.339 e. The number of hydrogen-bond donors (Lipinski definition) is 0. The Balaban J connectivity index is 1.34. The van der Waals surface area contributed by atoms with Gasteiger partial charge >= 0.3 is 0 Å². The van der Waals surface area contributed by atoms with E-state index in [4.69, 9.17) is 0 Å². The fourth-order valence-electron chi connectivity index (χ4n) is 5.30. The van der Waals surface area contributed by atoms with Gasteiger partial charge in [0.25, 0.3) is 5.91 Å². The van der Waals surface area contributed by atoms with Crippen molar-refractivity contribution in [2.75, 3.05) is 18.0 Å². The summed E-state index contributed by atoms with van der Waals surface area (Å²) >= 11 is 0. The zero-order valence-electron chi connectivity index (χ0n) is 15.5. The number of fused-ring (bicyclic) bond motifs is 5. The van der Waals surface area contributed by atoms with Crippen LogP contribution in [0, 0.1) is 29.6 Å². The van der Waals surface area contributed by atoms with Crippen molar-refractivity contribution in [2.24, 2.45) is 29.6 Å². The lowest BCUT2D eigenvalue weighted by Gasteiger charge is -2.30. The molecule has 3 fully saturated rings. The second-order valence-electron chi connectivity index (χ2n) is 8.53. The average molecular weight is 364 g/mol. The van der Waals surface area contributed by atoms with Gasteiger partial charge < -0.3 is 4.90 Å². The molecule has 1 saturated carbocycles. The highest BCUT2D eigenvalue weighted by molar-refractivity contribution is 6.22. The number of carbonyl (C=O) groups is 3. The van der Waals surface area contributed by atoms with Crippen LogP contribution in [0.3, 0.4) is 0 Å². The molecule has 2 bridgehead atoms. The molecule has 0 aromatic heterocycles. The SMILES string of the molecule is CC1CCN(C(=O)c2ccc(N3C(=O)[C@@H]4[C@H](C3=O)[C@@H]3C=C[C@@H]4C3)cc2)CC1. The summed E-state index contributed by atoms with van der Waals surface area (Å²) in [6.07, 6.45) is 7.21. The molecule has 2 aliphatic carbocycles. The summed E-state index contributed by atoms with van der Waals surface area (Å²) in [4.78, 5) is 41.7. The fourth-order valence-corrected chi connectivity index (χ4v) is 5.30. The highest BCUT2D eigenvalue weighted by Gasteiger charge is 2.59. The number of imide groups is 1. The second-order valence-corrected chi connectivity index (χ2v) is 8.53. The van der Waals surface area contributed by atoms with E-state index >= 15 is 0 Å². The van der Waals surface area contributed by atoms with Crippen molar-refractivity contribution in [2.45, 2.75) is 26.2 Å². The predicted molar refractivity (Wildman–Crippen MR) is 101 cm³/mol. The van der Waals surface area contributed by atoms with Crippen LogP contribution in [-0.2, 0) is 9.59 Å². The van der Waals surface area contributed by atoms with Crippen LogP contribution in [0.1, 0.15) is 36.5 Å². The molecule has 2 saturated heterocycles. The number of amides is 3. The van der Waals surface area contributed by atoms with Crippen LogP contribution >= 0.6 is 0 Å².